The number of hydrogen-bond donors (Lipinski definition) is 3. The molecule has 2 aromatic heterocycles. The highest BCUT2D eigenvalue weighted by Gasteiger charge is 2.11. The number of rotatable bonds is 5. The van der Waals surface area contributed by atoms with Gasteiger partial charge in [-0.1, -0.05) is 11.6 Å². The van der Waals surface area contributed by atoms with Crippen LogP contribution in [0, 0.1) is 6.92 Å². The highest BCUT2D eigenvalue weighted by atomic mass is 16.5. The molecule has 0 fully saturated rings. The van der Waals surface area contributed by atoms with Crippen LogP contribution in [0.5, 0.6) is 17.2 Å². The van der Waals surface area contributed by atoms with Crippen LogP contribution in [-0.2, 0) is 0 Å². The summed E-state index contributed by atoms with van der Waals surface area (Å²) in [6.07, 6.45) is 1.53. The first-order chi connectivity index (χ1) is 13.6. The Morgan fingerprint density at radius 3 is 2.57 bits per heavy atom. The van der Waals surface area contributed by atoms with Crippen LogP contribution >= 0.6 is 0 Å². The van der Waals surface area contributed by atoms with Crippen molar-refractivity contribution < 1.29 is 14.6 Å². The summed E-state index contributed by atoms with van der Waals surface area (Å²) in [6, 6.07) is 9.32. The SMILES string of the molecule is COc1cc(/C=N/Nc2nnc3c(n2)[nH]c2ccc(C)cc23)cc(OC)c1O. The first-order valence-corrected chi connectivity index (χ1v) is 8.46. The molecule has 0 atom stereocenters. The number of benzene rings is 2. The molecule has 0 aliphatic heterocycles. The second-order valence-electron chi connectivity index (χ2n) is 6.15. The second kappa shape index (κ2) is 7.03. The number of aryl methyl sites for hydroxylation is 1. The van der Waals surface area contributed by atoms with E-state index < -0.39 is 0 Å². The van der Waals surface area contributed by atoms with Gasteiger partial charge in [-0.15, -0.1) is 10.2 Å². The first kappa shape index (κ1) is 17.5. The van der Waals surface area contributed by atoms with Crippen molar-refractivity contribution in [2.45, 2.75) is 6.92 Å². The minimum Gasteiger partial charge on any atom is -0.502 e. The average Bonchev–Trinajstić information content (AvgIpc) is 3.06. The Balaban J connectivity index is 1.59. The standard InChI is InChI=1S/C19H18N6O3/c1-10-4-5-13-12(6-10)16-18(21-13)22-19(25-23-16)24-20-9-11-7-14(27-2)17(26)15(8-11)28-3/h4-9,26H,1-3H3,(H2,21,22,24,25)/b20-9+. The van der Waals surface area contributed by atoms with E-state index >= 15 is 0 Å². The van der Waals surface area contributed by atoms with Gasteiger partial charge in [-0.25, -0.2) is 5.43 Å². The predicted molar refractivity (Wildman–Crippen MR) is 106 cm³/mol. The van der Waals surface area contributed by atoms with Crippen molar-refractivity contribution in [2.75, 3.05) is 19.6 Å². The fourth-order valence-corrected chi connectivity index (χ4v) is 2.89. The molecule has 3 N–H and O–H groups in total. The Morgan fingerprint density at radius 1 is 1.11 bits per heavy atom. The molecule has 0 saturated heterocycles. The zero-order valence-electron chi connectivity index (χ0n) is 15.5. The fourth-order valence-electron chi connectivity index (χ4n) is 2.89. The van der Waals surface area contributed by atoms with E-state index in [9.17, 15) is 5.11 Å². The normalized spacial score (nSPS) is 11.4. The summed E-state index contributed by atoms with van der Waals surface area (Å²) in [5.41, 5.74) is 6.84. The molecule has 0 saturated carbocycles. The summed E-state index contributed by atoms with van der Waals surface area (Å²) >= 11 is 0. The van der Waals surface area contributed by atoms with Gasteiger partial charge in [0.1, 0.15) is 5.52 Å². The number of aromatic nitrogens is 4. The fraction of sp³-hybridized carbons (Fsp3) is 0.158. The Kier molecular flexibility index (Phi) is 4.40. The third-order valence-electron chi connectivity index (χ3n) is 4.25. The van der Waals surface area contributed by atoms with Crippen molar-refractivity contribution in [3.63, 3.8) is 0 Å². The van der Waals surface area contributed by atoms with Gasteiger partial charge in [-0.3, -0.25) is 0 Å². The Morgan fingerprint density at radius 2 is 1.86 bits per heavy atom. The number of anilines is 1. The van der Waals surface area contributed by atoms with Gasteiger partial charge in [0.25, 0.3) is 5.95 Å². The molecular weight excluding hydrogens is 360 g/mol. The third kappa shape index (κ3) is 3.13. The lowest BCUT2D eigenvalue weighted by atomic mass is 10.2. The number of phenolic OH excluding ortho intramolecular Hbond substituents is 1. The van der Waals surface area contributed by atoms with Gasteiger partial charge in [0.15, 0.2) is 17.1 Å². The summed E-state index contributed by atoms with van der Waals surface area (Å²) < 4.78 is 10.3. The van der Waals surface area contributed by atoms with E-state index in [2.05, 4.69) is 30.7 Å². The summed E-state index contributed by atoms with van der Waals surface area (Å²) in [6.45, 7) is 2.02. The molecule has 0 amide bonds. The minimum absolute atomic E-state index is 0.0675. The van der Waals surface area contributed by atoms with Crippen molar-refractivity contribution in [3.8, 4) is 17.2 Å². The number of methoxy groups -OCH3 is 2. The molecule has 4 rings (SSSR count). The molecule has 0 bridgehead atoms. The third-order valence-corrected chi connectivity index (χ3v) is 4.25. The smallest absolute Gasteiger partial charge is 0.265 e. The van der Waals surface area contributed by atoms with Crippen LogP contribution in [0.3, 0.4) is 0 Å². The number of nitrogens with one attached hydrogen (secondary N) is 2. The number of nitrogens with zero attached hydrogens (tertiary/aromatic N) is 4. The second-order valence-corrected chi connectivity index (χ2v) is 6.15. The number of fused-ring (bicyclic) bond motifs is 3. The minimum atomic E-state index is -0.0675. The predicted octanol–water partition coefficient (Wildman–Crippen LogP) is 2.98. The molecule has 2 heterocycles. The molecule has 0 aliphatic carbocycles. The molecule has 0 unspecified atom stereocenters. The lowest BCUT2D eigenvalue weighted by Gasteiger charge is -2.09. The van der Waals surface area contributed by atoms with Gasteiger partial charge in [-0.05, 0) is 31.2 Å². The van der Waals surface area contributed by atoms with Crippen LogP contribution in [0.1, 0.15) is 11.1 Å². The van der Waals surface area contributed by atoms with Crippen molar-refractivity contribution in [1.29, 1.82) is 0 Å². The summed E-state index contributed by atoms with van der Waals surface area (Å²) in [5.74, 6) is 0.758. The monoisotopic (exact) mass is 378 g/mol. The Labute approximate surface area is 160 Å². The number of aromatic amines is 1. The van der Waals surface area contributed by atoms with Gasteiger partial charge in [-0.2, -0.15) is 10.1 Å². The number of hydrazone groups is 1. The van der Waals surface area contributed by atoms with Crippen molar-refractivity contribution >= 4 is 34.2 Å². The van der Waals surface area contributed by atoms with Crippen LogP contribution in [0.4, 0.5) is 5.95 Å². The van der Waals surface area contributed by atoms with Crippen LogP contribution in [0.25, 0.3) is 22.1 Å². The van der Waals surface area contributed by atoms with Gasteiger partial charge in [0.05, 0.1) is 20.4 Å². The highest BCUT2D eigenvalue weighted by Crippen LogP contribution is 2.36. The Bertz CT molecular complexity index is 1180. The zero-order valence-corrected chi connectivity index (χ0v) is 15.5. The largest absolute Gasteiger partial charge is 0.502 e. The van der Waals surface area contributed by atoms with E-state index in [1.54, 1.807) is 12.1 Å². The number of H-pyrrole nitrogens is 1. The van der Waals surface area contributed by atoms with Gasteiger partial charge >= 0.3 is 0 Å². The number of aromatic hydroxyl groups is 1. The maximum absolute atomic E-state index is 9.95. The summed E-state index contributed by atoms with van der Waals surface area (Å²) in [5, 5.41) is 23.4. The maximum atomic E-state index is 9.95. The molecule has 0 radical (unpaired) electrons. The molecular formula is C19H18N6O3. The highest BCUT2D eigenvalue weighted by molar-refractivity contribution is 6.03. The van der Waals surface area contributed by atoms with Crippen LogP contribution in [0.15, 0.2) is 35.4 Å². The summed E-state index contributed by atoms with van der Waals surface area (Å²) in [4.78, 5) is 7.64. The molecule has 9 nitrogen and oxygen atoms in total. The van der Waals surface area contributed by atoms with E-state index in [1.165, 1.54) is 20.4 Å². The zero-order chi connectivity index (χ0) is 19.7. The molecule has 0 spiro atoms. The maximum Gasteiger partial charge on any atom is 0.265 e. The summed E-state index contributed by atoms with van der Waals surface area (Å²) in [7, 11) is 2.93. The van der Waals surface area contributed by atoms with Crippen LogP contribution in [0.2, 0.25) is 0 Å². The van der Waals surface area contributed by atoms with E-state index in [0.717, 1.165) is 16.5 Å². The van der Waals surface area contributed by atoms with Gasteiger partial charge < -0.3 is 19.6 Å². The van der Waals surface area contributed by atoms with E-state index in [4.69, 9.17) is 9.47 Å². The first-order valence-electron chi connectivity index (χ1n) is 8.46. The topological polar surface area (TPSA) is 118 Å². The van der Waals surface area contributed by atoms with E-state index in [-0.39, 0.29) is 23.2 Å². The molecule has 9 heteroatoms. The van der Waals surface area contributed by atoms with Crippen LogP contribution < -0.4 is 14.9 Å². The quantitative estimate of drug-likeness (QED) is 0.361. The molecule has 2 aromatic carbocycles. The van der Waals surface area contributed by atoms with E-state index in [1.807, 2.05) is 25.1 Å². The Hall–Kier alpha value is -3.88. The number of phenols is 1. The van der Waals surface area contributed by atoms with Crippen molar-refractivity contribution in [3.05, 3.63) is 41.5 Å². The van der Waals surface area contributed by atoms with Crippen LogP contribution in [-0.4, -0.2) is 45.7 Å². The number of hydrogen-bond acceptors (Lipinski definition) is 8. The molecule has 0 aliphatic rings. The van der Waals surface area contributed by atoms with Crippen molar-refractivity contribution in [1.82, 2.24) is 20.2 Å². The molecule has 142 valence electrons. The lowest BCUT2D eigenvalue weighted by Crippen LogP contribution is -1.99. The number of ether oxygens (including phenoxy) is 2. The lowest BCUT2D eigenvalue weighted by molar-refractivity contribution is 0.340. The average molecular weight is 378 g/mol. The van der Waals surface area contributed by atoms with Gasteiger partial charge in [0, 0.05) is 16.5 Å². The van der Waals surface area contributed by atoms with Gasteiger partial charge in [0.2, 0.25) is 5.75 Å². The van der Waals surface area contributed by atoms with E-state index in [0.29, 0.717) is 16.7 Å². The molecule has 28 heavy (non-hydrogen) atoms. The molecule has 4 aromatic rings. The van der Waals surface area contributed by atoms with Crippen molar-refractivity contribution in [2.24, 2.45) is 5.10 Å².